The molecule has 0 saturated heterocycles. The second kappa shape index (κ2) is 73.2. The second-order valence-electron chi connectivity index (χ2n) is 31.1. The van der Waals surface area contributed by atoms with Crippen LogP contribution >= 0.6 is 15.6 Å². The highest BCUT2D eigenvalue weighted by atomic mass is 31.2. The molecule has 3 unspecified atom stereocenters. The van der Waals surface area contributed by atoms with E-state index in [1.165, 1.54) is 244 Å². The van der Waals surface area contributed by atoms with Crippen LogP contribution < -0.4 is 0 Å². The number of carbonyl (C=O) groups excluding carboxylic acids is 4. The average molecular weight is 1490 g/mol. The molecule has 19 heteroatoms. The van der Waals surface area contributed by atoms with Crippen LogP contribution in [0.3, 0.4) is 0 Å². The highest BCUT2D eigenvalue weighted by Gasteiger charge is 2.30. The minimum Gasteiger partial charge on any atom is -0.462 e. The number of phosphoric ester groups is 2. The van der Waals surface area contributed by atoms with Gasteiger partial charge in [0.25, 0.3) is 0 Å². The number of esters is 4. The van der Waals surface area contributed by atoms with Gasteiger partial charge in [-0.15, -0.1) is 0 Å². The van der Waals surface area contributed by atoms with Gasteiger partial charge in [0.05, 0.1) is 26.4 Å². The molecule has 0 aromatic carbocycles. The summed E-state index contributed by atoms with van der Waals surface area (Å²) in [6.07, 6.45) is 62.4. The zero-order chi connectivity index (χ0) is 75.1. The van der Waals surface area contributed by atoms with E-state index in [1.54, 1.807) is 0 Å². The van der Waals surface area contributed by atoms with E-state index in [0.717, 1.165) is 108 Å². The minimum atomic E-state index is -4.96. The number of unbranched alkanes of at least 4 members (excludes halogenated alkanes) is 48. The molecule has 17 nitrogen and oxygen atoms in total. The Kier molecular flexibility index (Phi) is 71.8. The predicted octanol–water partition coefficient (Wildman–Crippen LogP) is 24.9. The standard InChI is InChI=1S/C83H162O17P2/c1-8-10-11-12-13-14-15-16-17-18-19-20-23-27-30-36-45-52-59-66-82(87)99-78(70-93-80(85)64-57-50-43-35-29-26-24-21-22-25-28-33-40-47-54-61-74(3)4)72-97-101(89,90)95-68-77(84)69-96-102(91,92)98-73-79(71-94-81(86)65-58-51-44-39-38-42-49-56-63-76(7)9-2)100-83(88)67-60-53-46-37-32-31-34-41-48-55-62-75(5)6/h74-79,84H,8-73H2,1-7H3,(H,89,90)(H,91,92)/t76?,77-,78-,79-/m1/s1. The van der Waals surface area contributed by atoms with Crippen LogP contribution in [0.4, 0.5) is 0 Å². The molecule has 102 heavy (non-hydrogen) atoms. The fraction of sp³-hybridized carbons (Fsp3) is 0.952. The number of carbonyl (C=O) groups is 4. The van der Waals surface area contributed by atoms with Crippen molar-refractivity contribution in [1.29, 1.82) is 0 Å². The molecule has 0 bridgehead atoms. The lowest BCUT2D eigenvalue weighted by atomic mass is 9.99. The molecule has 0 amide bonds. The molecule has 0 fully saturated rings. The van der Waals surface area contributed by atoms with Gasteiger partial charge >= 0.3 is 39.5 Å². The van der Waals surface area contributed by atoms with Crippen molar-refractivity contribution in [2.75, 3.05) is 39.6 Å². The van der Waals surface area contributed by atoms with Crippen LogP contribution in [-0.4, -0.2) is 96.7 Å². The molecule has 3 N–H and O–H groups in total. The van der Waals surface area contributed by atoms with Gasteiger partial charge in [-0.3, -0.25) is 37.3 Å². The van der Waals surface area contributed by atoms with E-state index in [2.05, 4.69) is 48.5 Å². The van der Waals surface area contributed by atoms with Crippen molar-refractivity contribution in [3.63, 3.8) is 0 Å². The van der Waals surface area contributed by atoms with Crippen molar-refractivity contribution in [3.05, 3.63) is 0 Å². The molecule has 0 aromatic heterocycles. The van der Waals surface area contributed by atoms with Gasteiger partial charge in [-0.1, -0.05) is 382 Å². The summed E-state index contributed by atoms with van der Waals surface area (Å²) in [5.41, 5.74) is 0. The quantitative estimate of drug-likeness (QED) is 0.0222. The van der Waals surface area contributed by atoms with Gasteiger partial charge in [0.15, 0.2) is 12.2 Å². The first-order valence-electron chi connectivity index (χ1n) is 42.9. The number of aliphatic hydroxyl groups excluding tert-OH is 1. The number of phosphoric acid groups is 2. The van der Waals surface area contributed by atoms with Gasteiger partial charge in [-0.05, 0) is 43.4 Å². The molecule has 0 saturated carbocycles. The molecular weight excluding hydrogens is 1330 g/mol. The Balaban J connectivity index is 5.26. The van der Waals surface area contributed by atoms with Gasteiger partial charge in [0.1, 0.15) is 19.3 Å². The summed E-state index contributed by atoms with van der Waals surface area (Å²) in [4.78, 5) is 73.1. The molecule has 0 aliphatic carbocycles. The Morgan fingerprint density at radius 1 is 0.284 bits per heavy atom. The SMILES string of the molecule is CCCCCCCCCCCCCCCCCCCCCC(=O)O[C@H](COC(=O)CCCCCCCCCCCCCCCCCC(C)C)COP(=O)(O)OC[C@@H](O)COP(=O)(O)OC[C@@H](COC(=O)CCCCCCCCCCC(C)CC)OC(=O)CCCCCCCCCCCCC(C)C. The van der Waals surface area contributed by atoms with Crippen LogP contribution in [0.2, 0.25) is 0 Å². The maximum Gasteiger partial charge on any atom is 0.472 e. The van der Waals surface area contributed by atoms with Crippen molar-refractivity contribution < 1.29 is 80.2 Å². The van der Waals surface area contributed by atoms with Crippen LogP contribution in [0.1, 0.15) is 434 Å². The smallest absolute Gasteiger partial charge is 0.462 e. The molecule has 0 spiro atoms. The highest BCUT2D eigenvalue weighted by Crippen LogP contribution is 2.45. The number of rotatable bonds is 81. The van der Waals surface area contributed by atoms with Crippen molar-refractivity contribution >= 4 is 39.5 Å². The molecular formula is C83H162O17P2. The lowest BCUT2D eigenvalue weighted by molar-refractivity contribution is -0.161. The van der Waals surface area contributed by atoms with Gasteiger partial charge < -0.3 is 33.8 Å². The van der Waals surface area contributed by atoms with Gasteiger partial charge in [0.2, 0.25) is 0 Å². The Morgan fingerprint density at radius 2 is 0.500 bits per heavy atom. The minimum absolute atomic E-state index is 0.106. The normalized spacial score (nSPS) is 14.2. The molecule has 606 valence electrons. The third-order valence-corrected chi connectivity index (χ3v) is 21.6. The Labute approximate surface area is 626 Å². The van der Waals surface area contributed by atoms with E-state index in [1.807, 2.05) is 0 Å². The fourth-order valence-corrected chi connectivity index (χ4v) is 14.4. The molecule has 0 radical (unpaired) electrons. The van der Waals surface area contributed by atoms with E-state index in [9.17, 15) is 43.2 Å². The maximum atomic E-state index is 13.1. The van der Waals surface area contributed by atoms with Crippen molar-refractivity contribution in [2.24, 2.45) is 17.8 Å². The first kappa shape index (κ1) is 100. The summed E-state index contributed by atoms with van der Waals surface area (Å²) in [5.74, 6) is 0.227. The van der Waals surface area contributed by atoms with Crippen LogP contribution in [0, 0.1) is 17.8 Å². The van der Waals surface area contributed by atoms with E-state index >= 15 is 0 Å². The Bertz CT molecular complexity index is 1980. The van der Waals surface area contributed by atoms with Crippen molar-refractivity contribution in [2.45, 2.75) is 452 Å². The lowest BCUT2D eigenvalue weighted by Gasteiger charge is -2.21. The zero-order valence-electron chi connectivity index (χ0n) is 67.1. The maximum absolute atomic E-state index is 13.1. The summed E-state index contributed by atoms with van der Waals surface area (Å²) < 4.78 is 68.8. The molecule has 0 aliphatic heterocycles. The first-order chi connectivity index (χ1) is 49.3. The second-order valence-corrected chi connectivity index (χ2v) is 34.0. The molecule has 0 aromatic rings. The highest BCUT2D eigenvalue weighted by molar-refractivity contribution is 7.47. The molecule has 6 atom stereocenters. The van der Waals surface area contributed by atoms with Crippen LogP contribution in [-0.2, 0) is 65.4 Å². The largest absolute Gasteiger partial charge is 0.472 e. The van der Waals surface area contributed by atoms with Gasteiger partial charge in [-0.2, -0.15) is 0 Å². The third kappa shape index (κ3) is 74.9. The number of hydrogen-bond acceptors (Lipinski definition) is 15. The summed E-state index contributed by atoms with van der Waals surface area (Å²) in [6, 6.07) is 0. The monoisotopic (exact) mass is 1490 g/mol. The molecule has 0 heterocycles. The Morgan fingerprint density at radius 3 is 0.745 bits per heavy atom. The number of ether oxygens (including phenoxy) is 4. The zero-order valence-corrected chi connectivity index (χ0v) is 68.9. The summed E-state index contributed by atoms with van der Waals surface area (Å²) in [7, 11) is -9.92. The lowest BCUT2D eigenvalue weighted by Crippen LogP contribution is -2.30. The summed E-state index contributed by atoms with van der Waals surface area (Å²) in [6.45, 7) is 12.0. The van der Waals surface area contributed by atoms with E-state index in [0.29, 0.717) is 25.7 Å². The van der Waals surface area contributed by atoms with E-state index < -0.39 is 97.5 Å². The van der Waals surface area contributed by atoms with Crippen molar-refractivity contribution in [1.82, 2.24) is 0 Å². The fourth-order valence-electron chi connectivity index (χ4n) is 12.8. The predicted molar refractivity (Wildman–Crippen MR) is 418 cm³/mol. The van der Waals surface area contributed by atoms with Crippen LogP contribution in [0.15, 0.2) is 0 Å². The molecule has 0 aliphatic rings. The summed E-state index contributed by atoms with van der Waals surface area (Å²) in [5, 5.41) is 10.7. The van der Waals surface area contributed by atoms with Crippen LogP contribution in [0.25, 0.3) is 0 Å². The Hall–Kier alpha value is -1.94. The molecule has 0 rings (SSSR count). The van der Waals surface area contributed by atoms with Gasteiger partial charge in [-0.25, -0.2) is 9.13 Å². The first-order valence-corrected chi connectivity index (χ1v) is 45.9. The third-order valence-electron chi connectivity index (χ3n) is 19.7. The average Bonchev–Trinajstić information content (AvgIpc) is 0.926. The van der Waals surface area contributed by atoms with Gasteiger partial charge in [0, 0.05) is 25.7 Å². The summed E-state index contributed by atoms with van der Waals surface area (Å²) >= 11 is 0. The van der Waals surface area contributed by atoms with Crippen molar-refractivity contribution in [3.8, 4) is 0 Å². The van der Waals surface area contributed by atoms with E-state index in [-0.39, 0.29) is 25.7 Å². The number of hydrogen-bond donors (Lipinski definition) is 3. The topological polar surface area (TPSA) is 237 Å². The van der Waals surface area contributed by atoms with E-state index in [4.69, 9.17) is 37.0 Å². The number of aliphatic hydroxyl groups is 1. The van der Waals surface area contributed by atoms with Crippen LogP contribution in [0.5, 0.6) is 0 Å².